The molecule has 0 atom stereocenters. The second kappa shape index (κ2) is 7.04. The molecule has 2 aromatic rings. The molecule has 108 valence electrons. The van der Waals surface area contributed by atoms with Crippen molar-refractivity contribution in [2.24, 2.45) is 0 Å². The summed E-state index contributed by atoms with van der Waals surface area (Å²) in [5.74, 6) is 0.0232. The number of rotatable bonds is 4. The van der Waals surface area contributed by atoms with Crippen molar-refractivity contribution in [1.82, 2.24) is 0 Å². The van der Waals surface area contributed by atoms with E-state index < -0.39 is 0 Å². The number of benzene rings is 2. The van der Waals surface area contributed by atoms with Crippen LogP contribution in [0.4, 0.5) is 10.1 Å². The zero-order chi connectivity index (χ0) is 15.2. The Morgan fingerprint density at radius 3 is 2.62 bits per heavy atom. The zero-order valence-electron chi connectivity index (χ0n) is 11.3. The van der Waals surface area contributed by atoms with Crippen LogP contribution in [0.1, 0.15) is 5.56 Å². The Balaban J connectivity index is 2.08. The van der Waals surface area contributed by atoms with Crippen LogP contribution < -0.4 is 10.1 Å². The molecule has 0 aliphatic carbocycles. The summed E-state index contributed by atoms with van der Waals surface area (Å²) < 4.78 is 18.9. The van der Waals surface area contributed by atoms with Crippen LogP contribution in [-0.2, 0) is 4.79 Å². The van der Waals surface area contributed by atoms with Gasteiger partial charge in [-0.05, 0) is 48.5 Å². The topological polar surface area (TPSA) is 38.3 Å². The molecule has 0 spiro atoms. The van der Waals surface area contributed by atoms with Crippen LogP contribution in [0.5, 0.6) is 5.75 Å². The summed E-state index contributed by atoms with van der Waals surface area (Å²) in [6.45, 7) is 0. The van der Waals surface area contributed by atoms with Crippen LogP contribution in [0.3, 0.4) is 0 Å². The van der Waals surface area contributed by atoms with Crippen LogP contribution in [0.15, 0.2) is 53.0 Å². The van der Waals surface area contributed by atoms with Gasteiger partial charge < -0.3 is 10.1 Å². The second-order valence-electron chi connectivity index (χ2n) is 4.22. The van der Waals surface area contributed by atoms with E-state index in [0.717, 1.165) is 10.0 Å². The number of ether oxygens (including phenoxy) is 1. The maximum Gasteiger partial charge on any atom is 0.248 e. The summed E-state index contributed by atoms with van der Waals surface area (Å²) in [7, 11) is 1.57. The van der Waals surface area contributed by atoms with Crippen molar-refractivity contribution in [3.63, 3.8) is 0 Å². The molecule has 2 rings (SSSR count). The van der Waals surface area contributed by atoms with Gasteiger partial charge >= 0.3 is 0 Å². The molecule has 0 radical (unpaired) electrons. The normalized spacial score (nSPS) is 10.6. The van der Waals surface area contributed by atoms with Gasteiger partial charge in [-0.3, -0.25) is 4.79 Å². The molecule has 0 bridgehead atoms. The van der Waals surface area contributed by atoms with Crippen molar-refractivity contribution in [3.8, 4) is 5.75 Å². The van der Waals surface area contributed by atoms with E-state index in [4.69, 9.17) is 4.74 Å². The number of carbonyl (C=O) groups excluding carboxylic acids is 1. The van der Waals surface area contributed by atoms with E-state index >= 15 is 0 Å². The Kier molecular flexibility index (Phi) is 5.11. The van der Waals surface area contributed by atoms with Gasteiger partial charge in [-0.25, -0.2) is 4.39 Å². The minimum atomic E-state index is -0.345. The highest BCUT2D eigenvalue weighted by Crippen LogP contribution is 2.24. The SMILES string of the molecule is COc1ccc(Br)cc1C=CC(=O)Nc1ccc(F)cc1. The number of nitrogens with one attached hydrogen (secondary N) is 1. The first-order chi connectivity index (χ1) is 10.1. The lowest BCUT2D eigenvalue weighted by molar-refractivity contribution is -0.111. The lowest BCUT2D eigenvalue weighted by Gasteiger charge is -2.05. The number of carbonyl (C=O) groups is 1. The monoisotopic (exact) mass is 349 g/mol. The van der Waals surface area contributed by atoms with Gasteiger partial charge in [0.05, 0.1) is 7.11 Å². The molecule has 0 aliphatic heterocycles. The third-order valence-corrected chi connectivity index (χ3v) is 3.21. The predicted molar refractivity (Wildman–Crippen MR) is 84.8 cm³/mol. The third-order valence-electron chi connectivity index (χ3n) is 2.72. The van der Waals surface area contributed by atoms with E-state index in [1.54, 1.807) is 13.2 Å². The number of halogens is 2. The largest absolute Gasteiger partial charge is 0.496 e. The van der Waals surface area contributed by atoms with Gasteiger partial charge in [-0.2, -0.15) is 0 Å². The first kappa shape index (κ1) is 15.3. The Morgan fingerprint density at radius 2 is 1.95 bits per heavy atom. The van der Waals surface area contributed by atoms with E-state index in [1.807, 2.05) is 18.2 Å². The fourth-order valence-electron chi connectivity index (χ4n) is 1.72. The minimum absolute atomic E-state index is 0.302. The molecule has 3 nitrogen and oxygen atoms in total. The summed E-state index contributed by atoms with van der Waals surface area (Å²) in [5.41, 5.74) is 1.31. The smallest absolute Gasteiger partial charge is 0.248 e. The molecule has 0 fully saturated rings. The molecule has 0 saturated carbocycles. The predicted octanol–water partition coefficient (Wildman–Crippen LogP) is 4.25. The first-order valence-corrected chi connectivity index (χ1v) is 6.96. The fourth-order valence-corrected chi connectivity index (χ4v) is 2.10. The van der Waals surface area contributed by atoms with Crippen LogP contribution in [-0.4, -0.2) is 13.0 Å². The first-order valence-electron chi connectivity index (χ1n) is 6.16. The van der Waals surface area contributed by atoms with Crippen molar-refractivity contribution < 1.29 is 13.9 Å². The number of anilines is 1. The lowest BCUT2D eigenvalue weighted by atomic mass is 10.2. The minimum Gasteiger partial charge on any atom is -0.496 e. The highest BCUT2D eigenvalue weighted by Gasteiger charge is 2.02. The molecular weight excluding hydrogens is 337 g/mol. The summed E-state index contributed by atoms with van der Waals surface area (Å²) in [6.07, 6.45) is 3.05. The molecular formula is C16H13BrFNO2. The molecule has 0 aromatic heterocycles. The second-order valence-corrected chi connectivity index (χ2v) is 5.13. The fraction of sp³-hybridized carbons (Fsp3) is 0.0625. The van der Waals surface area contributed by atoms with Crippen molar-refractivity contribution in [2.45, 2.75) is 0 Å². The Morgan fingerprint density at radius 1 is 1.24 bits per heavy atom. The Hall–Kier alpha value is -2.14. The number of methoxy groups -OCH3 is 1. The van der Waals surface area contributed by atoms with Crippen molar-refractivity contribution >= 4 is 33.6 Å². The summed E-state index contributed by atoms with van der Waals surface area (Å²) in [6, 6.07) is 11.1. The van der Waals surface area contributed by atoms with Gasteiger partial charge in [-0.1, -0.05) is 15.9 Å². The van der Waals surface area contributed by atoms with Gasteiger partial charge in [0.2, 0.25) is 5.91 Å². The molecule has 1 amide bonds. The van der Waals surface area contributed by atoms with E-state index in [0.29, 0.717) is 11.4 Å². The highest BCUT2D eigenvalue weighted by molar-refractivity contribution is 9.10. The lowest BCUT2D eigenvalue weighted by Crippen LogP contribution is -2.07. The van der Waals surface area contributed by atoms with E-state index in [-0.39, 0.29) is 11.7 Å². The van der Waals surface area contributed by atoms with Crippen LogP contribution in [0.25, 0.3) is 6.08 Å². The Labute approximate surface area is 130 Å². The third kappa shape index (κ3) is 4.43. The molecule has 1 N–H and O–H groups in total. The Bertz CT molecular complexity index is 668. The van der Waals surface area contributed by atoms with Crippen molar-refractivity contribution in [3.05, 3.63) is 64.4 Å². The van der Waals surface area contributed by atoms with Gasteiger partial charge in [0.15, 0.2) is 0 Å². The molecule has 21 heavy (non-hydrogen) atoms. The van der Waals surface area contributed by atoms with Gasteiger partial charge in [0.1, 0.15) is 11.6 Å². The molecule has 0 aliphatic rings. The van der Waals surface area contributed by atoms with Crippen LogP contribution >= 0.6 is 15.9 Å². The van der Waals surface area contributed by atoms with E-state index in [1.165, 1.54) is 30.3 Å². The number of hydrogen-bond donors (Lipinski definition) is 1. The van der Waals surface area contributed by atoms with E-state index in [9.17, 15) is 9.18 Å². The molecule has 0 unspecified atom stereocenters. The molecule has 2 aromatic carbocycles. The van der Waals surface area contributed by atoms with Crippen molar-refractivity contribution in [2.75, 3.05) is 12.4 Å². The maximum atomic E-state index is 12.8. The van der Waals surface area contributed by atoms with Gasteiger partial charge in [0.25, 0.3) is 0 Å². The molecule has 5 heteroatoms. The summed E-state index contributed by atoms with van der Waals surface area (Å²) >= 11 is 3.37. The van der Waals surface area contributed by atoms with Crippen LogP contribution in [0, 0.1) is 5.82 Å². The quantitative estimate of drug-likeness (QED) is 0.838. The molecule has 0 saturated heterocycles. The maximum absolute atomic E-state index is 12.8. The van der Waals surface area contributed by atoms with E-state index in [2.05, 4.69) is 21.2 Å². The van der Waals surface area contributed by atoms with Gasteiger partial charge in [-0.15, -0.1) is 0 Å². The highest BCUT2D eigenvalue weighted by atomic mass is 79.9. The number of hydrogen-bond acceptors (Lipinski definition) is 2. The van der Waals surface area contributed by atoms with Crippen LogP contribution in [0.2, 0.25) is 0 Å². The zero-order valence-corrected chi connectivity index (χ0v) is 12.9. The average molecular weight is 350 g/mol. The van der Waals surface area contributed by atoms with Gasteiger partial charge in [0, 0.05) is 21.8 Å². The summed E-state index contributed by atoms with van der Waals surface area (Å²) in [4.78, 5) is 11.8. The number of amides is 1. The van der Waals surface area contributed by atoms with Crippen molar-refractivity contribution in [1.29, 1.82) is 0 Å². The summed E-state index contributed by atoms with van der Waals surface area (Å²) in [5, 5.41) is 2.65. The molecule has 0 heterocycles. The average Bonchev–Trinajstić information content (AvgIpc) is 2.48. The standard InChI is InChI=1S/C16H13BrFNO2/c1-21-15-8-3-12(17)10-11(15)2-9-16(20)19-14-6-4-13(18)5-7-14/h2-10H,1H3,(H,19,20).